The lowest BCUT2D eigenvalue weighted by Gasteiger charge is -2.34. The molecule has 202 valence electrons. The number of likely N-dealkylation sites (tertiary alicyclic amines) is 2. The van der Waals surface area contributed by atoms with Crippen molar-refractivity contribution in [3.8, 4) is 11.8 Å². The van der Waals surface area contributed by atoms with Crippen molar-refractivity contribution in [3.05, 3.63) is 29.6 Å². The van der Waals surface area contributed by atoms with Gasteiger partial charge in [0.15, 0.2) is 0 Å². The van der Waals surface area contributed by atoms with E-state index in [9.17, 15) is 19.2 Å². The minimum absolute atomic E-state index is 0.0394. The number of carbonyl (C=O) groups excluding carboxylic acids is 2. The van der Waals surface area contributed by atoms with E-state index in [4.69, 9.17) is 16.2 Å². The van der Waals surface area contributed by atoms with Crippen molar-refractivity contribution < 1.29 is 18.7 Å². The smallest absolute Gasteiger partial charge is 0.345 e. The lowest BCUT2D eigenvalue weighted by atomic mass is 9.84. The molecule has 2 fully saturated rings. The monoisotopic (exact) mass is 514 g/mol. The second-order valence-corrected chi connectivity index (χ2v) is 10.4. The Bertz CT molecular complexity index is 1030. The average Bonchev–Trinajstić information content (AvgIpc) is 3.37. The van der Waals surface area contributed by atoms with Crippen LogP contribution in [0.3, 0.4) is 0 Å². The zero-order valence-electron chi connectivity index (χ0n) is 22.0. The third-order valence-corrected chi connectivity index (χ3v) is 7.53. The summed E-state index contributed by atoms with van der Waals surface area (Å²) in [5.74, 6) is 0.582. The summed E-state index contributed by atoms with van der Waals surface area (Å²) in [6, 6.07) is 4.54. The van der Waals surface area contributed by atoms with Gasteiger partial charge < -0.3 is 26.0 Å². The maximum atomic E-state index is 14.8. The van der Waals surface area contributed by atoms with Crippen LogP contribution in [0, 0.1) is 34.9 Å². The fourth-order valence-electron chi connectivity index (χ4n) is 4.89. The standard InChI is InChI=1S/C27H39FN6O3/c1-17(2)25(31)32-27(36)33-12-8-19(9-13-33)18(3)10-14-37-21-6-7-22(23(28)15-21)24(30)26(35)34-11-4-5-20(34)16-29/h6-7,15,17-20,24H,4-5,8-14,30H2,1-3H3,(H2,31,32,36)/t18-,20+,24+/m1/s1. The number of hydrogen-bond acceptors (Lipinski definition) is 5. The summed E-state index contributed by atoms with van der Waals surface area (Å²) in [6.07, 6.45) is 3.93. The molecule has 9 nitrogen and oxygen atoms in total. The summed E-state index contributed by atoms with van der Waals surface area (Å²) in [6.45, 7) is 8.17. The number of benzene rings is 1. The first-order valence-corrected chi connectivity index (χ1v) is 13.1. The maximum absolute atomic E-state index is 14.8. The molecule has 1 aromatic carbocycles. The van der Waals surface area contributed by atoms with E-state index in [-0.39, 0.29) is 17.5 Å². The van der Waals surface area contributed by atoms with Gasteiger partial charge in [-0.2, -0.15) is 10.3 Å². The Labute approximate surface area is 218 Å². The number of hydrogen-bond donors (Lipinski definition) is 2. The molecule has 0 radical (unpaired) electrons. The van der Waals surface area contributed by atoms with E-state index in [0.717, 1.165) is 25.7 Å². The summed E-state index contributed by atoms with van der Waals surface area (Å²) < 4.78 is 20.6. The lowest BCUT2D eigenvalue weighted by molar-refractivity contribution is -0.132. The Balaban J connectivity index is 1.45. The van der Waals surface area contributed by atoms with Gasteiger partial charge in [-0.05, 0) is 50.0 Å². The highest BCUT2D eigenvalue weighted by Gasteiger charge is 2.33. The van der Waals surface area contributed by atoms with Crippen LogP contribution in [0.25, 0.3) is 0 Å². The number of nitrogens with zero attached hydrogens (tertiary/aromatic N) is 4. The van der Waals surface area contributed by atoms with Gasteiger partial charge in [-0.25, -0.2) is 9.18 Å². The van der Waals surface area contributed by atoms with Crippen molar-refractivity contribution in [2.45, 2.75) is 65.0 Å². The Kier molecular flexibility index (Phi) is 9.86. The molecule has 0 bridgehead atoms. The largest absolute Gasteiger partial charge is 0.493 e. The van der Waals surface area contributed by atoms with Crippen LogP contribution in [0.1, 0.15) is 64.5 Å². The molecular formula is C27H39FN6O3. The highest BCUT2D eigenvalue weighted by atomic mass is 19.1. The number of rotatable bonds is 8. The topological polar surface area (TPSA) is 138 Å². The fourth-order valence-corrected chi connectivity index (χ4v) is 4.89. The molecule has 0 aromatic heterocycles. The quantitative estimate of drug-likeness (QED) is 0.402. The normalized spacial score (nSPS) is 20.6. The molecule has 4 N–H and O–H groups in total. The molecule has 2 heterocycles. The molecule has 2 aliphatic rings. The number of halogens is 1. The number of aliphatic imine (C=N–C) groups is 1. The Hall–Kier alpha value is -3.19. The molecule has 3 rings (SSSR count). The van der Waals surface area contributed by atoms with E-state index < -0.39 is 23.8 Å². The minimum Gasteiger partial charge on any atom is -0.493 e. The van der Waals surface area contributed by atoms with E-state index in [1.165, 1.54) is 17.0 Å². The van der Waals surface area contributed by atoms with Crippen LogP contribution in [0.15, 0.2) is 23.2 Å². The highest BCUT2D eigenvalue weighted by molar-refractivity contribution is 5.93. The van der Waals surface area contributed by atoms with E-state index in [1.54, 1.807) is 11.0 Å². The van der Waals surface area contributed by atoms with Crippen molar-refractivity contribution in [2.75, 3.05) is 26.2 Å². The first kappa shape index (κ1) is 28.4. The molecule has 0 saturated carbocycles. The van der Waals surface area contributed by atoms with Crippen molar-refractivity contribution in [2.24, 2.45) is 34.2 Å². The maximum Gasteiger partial charge on any atom is 0.345 e. The number of nitrogens with two attached hydrogens (primary N) is 2. The predicted molar refractivity (Wildman–Crippen MR) is 139 cm³/mol. The van der Waals surface area contributed by atoms with E-state index in [2.05, 4.69) is 18.0 Å². The molecule has 3 atom stereocenters. The lowest BCUT2D eigenvalue weighted by Crippen LogP contribution is -2.41. The molecule has 2 aliphatic heterocycles. The van der Waals surface area contributed by atoms with E-state index in [1.807, 2.05) is 13.8 Å². The first-order valence-electron chi connectivity index (χ1n) is 13.1. The van der Waals surface area contributed by atoms with Crippen LogP contribution in [-0.2, 0) is 4.79 Å². The Morgan fingerprint density at radius 2 is 1.92 bits per heavy atom. The molecule has 0 unspecified atom stereocenters. The number of carbonyl (C=O) groups is 2. The van der Waals surface area contributed by atoms with Crippen molar-refractivity contribution in [1.82, 2.24) is 9.80 Å². The SMILES string of the molecule is CC(C)C(N)=NC(=O)N1CCC([C@H](C)CCOc2ccc([C@H](N)C(=O)N3CCC[C@H]3C#N)c(F)c2)CC1. The van der Waals surface area contributed by atoms with Crippen LogP contribution >= 0.6 is 0 Å². The number of amidine groups is 1. The summed E-state index contributed by atoms with van der Waals surface area (Å²) in [4.78, 5) is 32.2. The molecule has 1 aromatic rings. The van der Waals surface area contributed by atoms with Gasteiger partial charge in [0.1, 0.15) is 29.5 Å². The highest BCUT2D eigenvalue weighted by Crippen LogP contribution is 2.29. The van der Waals surface area contributed by atoms with Gasteiger partial charge in [-0.3, -0.25) is 4.79 Å². The number of amides is 3. The van der Waals surface area contributed by atoms with Crippen LogP contribution < -0.4 is 16.2 Å². The predicted octanol–water partition coefficient (Wildman–Crippen LogP) is 3.59. The number of nitriles is 1. The fraction of sp³-hybridized carbons (Fsp3) is 0.630. The minimum atomic E-state index is -1.16. The van der Waals surface area contributed by atoms with Crippen LogP contribution in [0.2, 0.25) is 0 Å². The molecule has 0 aliphatic carbocycles. The third kappa shape index (κ3) is 7.19. The third-order valence-electron chi connectivity index (χ3n) is 7.53. The number of piperidine rings is 1. The second kappa shape index (κ2) is 12.9. The molecule has 0 spiro atoms. The molecule has 10 heteroatoms. The number of ether oxygens (including phenoxy) is 1. The van der Waals surface area contributed by atoms with Crippen molar-refractivity contribution in [3.63, 3.8) is 0 Å². The van der Waals surface area contributed by atoms with Gasteiger partial charge in [-0.15, -0.1) is 0 Å². The van der Waals surface area contributed by atoms with Gasteiger partial charge >= 0.3 is 6.03 Å². The molecule has 3 amide bonds. The summed E-state index contributed by atoms with van der Waals surface area (Å²) in [5, 5.41) is 9.21. The Morgan fingerprint density at radius 1 is 1.22 bits per heavy atom. The van der Waals surface area contributed by atoms with Gasteiger partial charge in [0.2, 0.25) is 5.91 Å². The van der Waals surface area contributed by atoms with E-state index >= 15 is 0 Å². The molecule has 37 heavy (non-hydrogen) atoms. The van der Waals surface area contributed by atoms with Crippen molar-refractivity contribution >= 4 is 17.8 Å². The molecular weight excluding hydrogens is 475 g/mol. The zero-order chi connectivity index (χ0) is 27.1. The van der Waals surface area contributed by atoms with Gasteiger partial charge in [0, 0.05) is 37.2 Å². The van der Waals surface area contributed by atoms with Crippen molar-refractivity contribution in [1.29, 1.82) is 5.26 Å². The van der Waals surface area contributed by atoms with Gasteiger partial charge in [-0.1, -0.05) is 26.8 Å². The summed E-state index contributed by atoms with van der Waals surface area (Å²) in [5.41, 5.74) is 12.0. The molecule has 2 saturated heterocycles. The summed E-state index contributed by atoms with van der Waals surface area (Å²) in [7, 11) is 0. The van der Waals surface area contributed by atoms with Gasteiger partial charge in [0.25, 0.3) is 0 Å². The second-order valence-electron chi connectivity index (χ2n) is 10.4. The first-order chi connectivity index (χ1) is 17.6. The van der Waals surface area contributed by atoms with E-state index in [0.29, 0.717) is 56.1 Å². The van der Waals surface area contributed by atoms with Crippen LogP contribution in [-0.4, -0.2) is 59.9 Å². The van der Waals surface area contributed by atoms with Gasteiger partial charge in [0.05, 0.1) is 12.7 Å². The van der Waals surface area contributed by atoms with Crippen LogP contribution in [0.5, 0.6) is 5.75 Å². The average molecular weight is 515 g/mol. The zero-order valence-corrected chi connectivity index (χ0v) is 22.0. The number of urea groups is 1. The Morgan fingerprint density at radius 3 is 2.54 bits per heavy atom. The summed E-state index contributed by atoms with van der Waals surface area (Å²) >= 11 is 0. The van der Waals surface area contributed by atoms with Crippen LogP contribution in [0.4, 0.5) is 9.18 Å².